The molecule has 8 nitrogen and oxygen atoms in total. The number of esters is 1. The van der Waals surface area contributed by atoms with Gasteiger partial charge in [-0.1, -0.05) is 104 Å². The first-order valence-electron chi connectivity index (χ1n) is 16.0. The molecular weight excluding hydrogens is 653 g/mol. The van der Waals surface area contributed by atoms with Crippen LogP contribution in [0, 0.1) is 0 Å². The van der Waals surface area contributed by atoms with Crippen molar-refractivity contribution >= 4 is 40.0 Å². The molecule has 2 aromatic heterocycles. The van der Waals surface area contributed by atoms with Gasteiger partial charge in [0, 0.05) is 10.4 Å². The highest BCUT2D eigenvalue weighted by Gasteiger charge is 2.29. The first-order valence-corrected chi connectivity index (χ1v) is 17.7. The number of methoxy groups -OCH3 is 1. The average Bonchev–Trinajstić information content (AvgIpc) is 3.76. The van der Waals surface area contributed by atoms with Gasteiger partial charge in [-0.05, 0) is 65.9 Å². The number of nitrogens with zero attached hydrogens (tertiary/aromatic N) is 3. The molecule has 0 unspecified atom stereocenters. The maximum absolute atomic E-state index is 14.4. The fourth-order valence-corrected chi connectivity index (χ4v) is 7.55. The molecule has 248 valence electrons. The molecule has 0 radical (unpaired) electrons. The zero-order valence-corrected chi connectivity index (χ0v) is 29.3. The van der Waals surface area contributed by atoms with Crippen molar-refractivity contribution in [2.45, 2.75) is 37.1 Å². The second-order valence-corrected chi connectivity index (χ2v) is 13.5. The molecule has 0 aliphatic rings. The van der Waals surface area contributed by atoms with E-state index in [9.17, 15) is 9.59 Å². The first-order chi connectivity index (χ1) is 23.9. The number of thiophene rings is 1. The molecule has 0 aliphatic carbocycles. The molecule has 10 heteroatoms. The van der Waals surface area contributed by atoms with Gasteiger partial charge in [0.1, 0.15) is 16.0 Å². The summed E-state index contributed by atoms with van der Waals surface area (Å²) in [6.07, 6.45) is 0. The first kappa shape index (κ1) is 33.7. The third-order valence-corrected chi connectivity index (χ3v) is 10.2. The maximum Gasteiger partial charge on any atom is 0.341 e. The number of carbonyl (C=O) groups excluding carboxylic acids is 2. The molecule has 0 bridgehead atoms. The Morgan fingerprint density at radius 2 is 1.53 bits per heavy atom. The molecule has 1 amide bonds. The third-order valence-electron chi connectivity index (χ3n) is 7.87. The predicted octanol–water partition coefficient (Wildman–Crippen LogP) is 9.44. The highest BCUT2D eigenvalue weighted by Crippen LogP contribution is 2.42. The Labute approximate surface area is 294 Å². The van der Waals surface area contributed by atoms with Gasteiger partial charge in [-0.3, -0.25) is 9.36 Å². The van der Waals surface area contributed by atoms with Crippen LogP contribution in [0.2, 0.25) is 0 Å². The van der Waals surface area contributed by atoms with Gasteiger partial charge in [0.2, 0.25) is 5.91 Å². The number of nitrogens with one attached hydrogen (secondary N) is 1. The maximum atomic E-state index is 14.4. The Hall–Kier alpha value is -5.19. The van der Waals surface area contributed by atoms with Crippen LogP contribution < -0.4 is 10.1 Å². The fourth-order valence-electron chi connectivity index (χ4n) is 5.44. The van der Waals surface area contributed by atoms with E-state index in [0.29, 0.717) is 21.5 Å². The van der Waals surface area contributed by atoms with Crippen molar-refractivity contribution in [2.75, 3.05) is 19.0 Å². The molecule has 0 spiro atoms. The van der Waals surface area contributed by atoms with Crippen LogP contribution >= 0.6 is 23.1 Å². The van der Waals surface area contributed by atoms with Crippen molar-refractivity contribution in [2.24, 2.45) is 0 Å². The number of aromatic nitrogens is 3. The summed E-state index contributed by atoms with van der Waals surface area (Å²) >= 11 is 2.64. The molecule has 49 heavy (non-hydrogen) atoms. The lowest BCUT2D eigenvalue weighted by atomic mass is 10.0. The van der Waals surface area contributed by atoms with Crippen LogP contribution in [0.3, 0.4) is 0 Å². The van der Waals surface area contributed by atoms with E-state index < -0.39 is 11.2 Å². The number of thioether (sulfide) groups is 1. The number of hydrogen-bond acceptors (Lipinski definition) is 8. The number of carbonyl (C=O) groups is 2. The molecule has 0 fully saturated rings. The Kier molecular flexibility index (Phi) is 10.6. The zero-order chi connectivity index (χ0) is 34.3. The Balaban J connectivity index is 1.43. The molecule has 0 saturated heterocycles. The molecule has 6 aromatic rings. The van der Waals surface area contributed by atoms with Crippen LogP contribution in [0.15, 0.2) is 120 Å². The quantitative estimate of drug-likeness (QED) is 0.101. The van der Waals surface area contributed by atoms with Crippen molar-refractivity contribution in [1.29, 1.82) is 0 Å². The van der Waals surface area contributed by atoms with Crippen molar-refractivity contribution in [3.8, 4) is 33.3 Å². The van der Waals surface area contributed by atoms with Gasteiger partial charge in [0.25, 0.3) is 0 Å². The van der Waals surface area contributed by atoms with Gasteiger partial charge < -0.3 is 14.8 Å². The largest absolute Gasteiger partial charge is 0.497 e. The fraction of sp³-hybridized carbons (Fsp3) is 0.179. The van der Waals surface area contributed by atoms with E-state index in [1.807, 2.05) is 102 Å². The zero-order valence-electron chi connectivity index (χ0n) is 27.6. The summed E-state index contributed by atoms with van der Waals surface area (Å²) in [6, 6.07) is 36.9. The summed E-state index contributed by atoms with van der Waals surface area (Å²) in [5.41, 5.74) is 4.93. The summed E-state index contributed by atoms with van der Waals surface area (Å²) in [5.74, 6) is 0.794. The summed E-state index contributed by atoms with van der Waals surface area (Å²) in [5, 5.41) is 12.7. The van der Waals surface area contributed by atoms with E-state index in [-0.39, 0.29) is 18.4 Å². The number of hydrogen-bond donors (Lipinski definition) is 1. The molecule has 6 rings (SSSR count). The van der Waals surface area contributed by atoms with Crippen LogP contribution in [-0.2, 0) is 9.53 Å². The smallest absolute Gasteiger partial charge is 0.341 e. The predicted molar refractivity (Wildman–Crippen MR) is 197 cm³/mol. The lowest BCUT2D eigenvalue weighted by molar-refractivity contribution is -0.115. The second kappa shape index (κ2) is 15.4. The van der Waals surface area contributed by atoms with E-state index in [4.69, 9.17) is 9.47 Å². The van der Waals surface area contributed by atoms with Crippen LogP contribution in [-0.4, -0.2) is 40.4 Å². The Morgan fingerprint density at radius 1 is 0.857 bits per heavy atom. The number of anilines is 1. The Morgan fingerprint density at radius 3 is 2.20 bits per heavy atom. The van der Waals surface area contributed by atoms with Gasteiger partial charge in [0.15, 0.2) is 11.0 Å². The number of ether oxygens (including phenoxy) is 2. The summed E-state index contributed by atoms with van der Waals surface area (Å²) in [4.78, 5) is 28.3. The average molecular weight is 689 g/mol. The van der Waals surface area contributed by atoms with Gasteiger partial charge in [0.05, 0.1) is 25.0 Å². The molecule has 1 atom stereocenters. The Bertz CT molecular complexity index is 2040. The minimum Gasteiger partial charge on any atom is -0.497 e. The highest BCUT2D eigenvalue weighted by atomic mass is 32.2. The van der Waals surface area contributed by atoms with E-state index >= 15 is 0 Å². The second-order valence-electron chi connectivity index (χ2n) is 11.4. The minimum absolute atomic E-state index is 0.215. The van der Waals surface area contributed by atoms with Crippen molar-refractivity contribution in [3.05, 3.63) is 132 Å². The highest BCUT2D eigenvalue weighted by molar-refractivity contribution is 8.00. The standard InChI is InChI=1S/C39H36N4O4S2/c1-5-47-38(45)31-24-33(26-14-8-6-9-15-26)48-37(31)40-36(44)34(27-16-10-7-11-17-27)49-39-42-41-35(28-20-22-29(46-4)23-21-28)43(39)32-19-13-12-18-30(32)25(2)3/h6-25,34H,5H2,1-4H3,(H,40,44)/t34-/m0/s1. The van der Waals surface area contributed by atoms with Crippen LogP contribution in [0.1, 0.15) is 53.4 Å². The molecular formula is C39H36N4O4S2. The molecule has 1 N–H and O–H groups in total. The number of rotatable bonds is 12. The van der Waals surface area contributed by atoms with Crippen molar-refractivity contribution in [1.82, 2.24) is 14.8 Å². The van der Waals surface area contributed by atoms with Crippen LogP contribution in [0.5, 0.6) is 5.75 Å². The van der Waals surface area contributed by atoms with E-state index in [0.717, 1.165) is 38.6 Å². The van der Waals surface area contributed by atoms with E-state index in [2.05, 4.69) is 41.5 Å². The van der Waals surface area contributed by atoms with Gasteiger partial charge in [-0.2, -0.15) is 0 Å². The molecule has 2 heterocycles. The summed E-state index contributed by atoms with van der Waals surface area (Å²) < 4.78 is 12.8. The van der Waals surface area contributed by atoms with Gasteiger partial charge in [-0.25, -0.2) is 4.79 Å². The van der Waals surface area contributed by atoms with E-state index in [1.165, 1.54) is 23.1 Å². The normalized spacial score (nSPS) is 11.7. The topological polar surface area (TPSA) is 95.3 Å². The monoisotopic (exact) mass is 688 g/mol. The van der Waals surface area contributed by atoms with E-state index in [1.54, 1.807) is 20.1 Å². The molecule has 0 aliphatic heterocycles. The minimum atomic E-state index is -0.739. The van der Waals surface area contributed by atoms with Gasteiger partial charge >= 0.3 is 5.97 Å². The molecule has 4 aromatic carbocycles. The summed E-state index contributed by atoms with van der Waals surface area (Å²) in [6.45, 7) is 6.27. The van der Waals surface area contributed by atoms with Crippen LogP contribution in [0.25, 0.3) is 27.5 Å². The number of benzene rings is 4. The number of amides is 1. The molecule has 0 saturated carbocycles. The SMILES string of the molecule is CCOC(=O)c1cc(-c2ccccc2)sc1NC(=O)[C@@H](Sc1nnc(-c2ccc(OC)cc2)n1-c1ccccc1C(C)C)c1ccccc1. The third kappa shape index (κ3) is 7.45. The number of para-hydroxylation sites is 1. The van der Waals surface area contributed by atoms with Crippen molar-refractivity contribution in [3.63, 3.8) is 0 Å². The lowest BCUT2D eigenvalue weighted by Gasteiger charge is -2.20. The lowest BCUT2D eigenvalue weighted by Crippen LogP contribution is -2.20. The summed E-state index contributed by atoms with van der Waals surface area (Å²) in [7, 11) is 1.63. The van der Waals surface area contributed by atoms with Crippen molar-refractivity contribution < 1.29 is 19.1 Å². The van der Waals surface area contributed by atoms with Crippen LogP contribution in [0.4, 0.5) is 5.00 Å². The van der Waals surface area contributed by atoms with Gasteiger partial charge in [-0.15, -0.1) is 21.5 Å².